The molecule has 0 spiro atoms. The van der Waals surface area contributed by atoms with Gasteiger partial charge in [0.25, 0.3) is 5.91 Å². The molecule has 2 fully saturated rings. The summed E-state index contributed by atoms with van der Waals surface area (Å²) in [7, 11) is 0. The third-order valence-electron chi connectivity index (χ3n) is 6.13. The molecule has 1 aliphatic carbocycles. The van der Waals surface area contributed by atoms with E-state index in [1.54, 1.807) is 18.4 Å². The van der Waals surface area contributed by atoms with Crippen LogP contribution >= 0.6 is 23.5 Å². The molecule has 2 aromatic carbocycles. The zero-order valence-electron chi connectivity index (χ0n) is 18.0. The molecule has 0 atom stereocenters. The first-order chi connectivity index (χ1) is 15.4. The number of hydrogen-bond donors (Lipinski definition) is 1. The molecule has 2 aromatic rings. The van der Waals surface area contributed by atoms with Gasteiger partial charge in [-0.05, 0) is 79.9 Å². The van der Waals surface area contributed by atoms with Gasteiger partial charge >= 0.3 is 0 Å². The first-order valence-electron chi connectivity index (χ1n) is 10.9. The minimum Gasteiger partial charge on any atom is -0.493 e. The smallest absolute Gasteiger partial charge is 0.264 e. The highest BCUT2D eigenvalue weighted by atomic mass is 35.5. The molecule has 32 heavy (non-hydrogen) atoms. The predicted octanol–water partition coefficient (Wildman–Crippen LogP) is 5.79. The number of carbonyl (C=O) groups is 1. The Morgan fingerprint density at radius 1 is 1.16 bits per heavy atom. The van der Waals surface area contributed by atoms with Gasteiger partial charge < -0.3 is 4.74 Å². The highest BCUT2D eigenvalue weighted by molar-refractivity contribution is 7.97. The monoisotopic (exact) mass is 480 g/mol. The van der Waals surface area contributed by atoms with Crippen LogP contribution in [-0.2, 0) is 6.54 Å². The summed E-state index contributed by atoms with van der Waals surface area (Å²) in [6.45, 7) is 3.02. The average molecular weight is 481 g/mol. The van der Waals surface area contributed by atoms with Gasteiger partial charge in [0, 0.05) is 18.9 Å². The second-order valence-electron chi connectivity index (χ2n) is 8.56. The first kappa shape index (κ1) is 23.3. The number of nitrogens with zero attached hydrogens (tertiary/aromatic N) is 1. The maximum atomic E-state index is 14.6. The molecule has 0 bridgehead atoms. The molecule has 1 heterocycles. The summed E-state index contributed by atoms with van der Waals surface area (Å²) in [6.07, 6.45) is 5.73. The first-order valence-corrected chi connectivity index (χ1v) is 12.5. The molecule has 4 rings (SSSR count). The molecular formula is C24H27ClF2N2O2S. The Labute approximate surface area is 196 Å². The van der Waals surface area contributed by atoms with Crippen molar-refractivity contribution in [1.29, 1.82) is 0 Å². The maximum Gasteiger partial charge on any atom is 0.264 e. The van der Waals surface area contributed by atoms with Gasteiger partial charge in [0.2, 0.25) is 0 Å². The van der Waals surface area contributed by atoms with E-state index in [-0.39, 0.29) is 16.4 Å². The van der Waals surface area contributed by atoms with Crippen LogP contribution in [0.15, 0.2) is 30.3 Å². The molecule has 4 nitrogen and oxygen atoms in total. The van der Waals surface area contributed by atoms with Crippen molar-refractivity contribution in [2.45, 2.75) is 38.1 Å². The fraction of sp³-hybridized carbons (Fsp3) is 0.458. The van der Waals surface area contributed by atoms with E-state index in [1.807, 2.05) is 6.07 Å². The number of hydrogen-bond acceptors (Lipinski definition) is 4. The average Bonchev–Trinajstić information content (AvgIpc) is 3.61. The zero-order valence-corrected chi connectivity index (χ0v) is 19.6. The van der Waals surface area contributed by atoms with Crippen LogP contribution in [-0.4, -0.2) is 36.8 Å². The Kier molecular flexibility index (Phi) is 7.59. The summed E-state index contributed by atoms with van der Waals surface area (Å²) in [5.74, 6) is -0.0824. The van der Waals surface area contributed by atoms with Crippen LogP contribution in [0, 0.1) is 17.6 Å². The highest BCUT2D eigenvalue weighted by Gasteiger charge is 2.30. The van der Waals surface area contributed by atoms with Crippen LogP contribution in [0.25, 0.3) is 0 Å². The minimum atomic E-state index is -0.555. The van der Waals surface area contributed by atoms with Crippen LogP contribution in [0.3, 0.4) is 0 Å². The van der Waals surface area contributed by atoms with Crippen molar-refractivity contribution < 1.29 is 18.3 Å². The lowest BCUT2D eigenvalue weighted by Crippen LogP contribution is -2.35. The summed E-state index contributed by atoms with van der Waals surface area (Å²) in [5, 5.41) is 0.143. The Morgan fingerprint density at radius 3 is 2.56 bits per heavy atom. The Balaban J connectivity index is 1.33. The van der Waals surface area contributed by atoms with Crippen LogP contribution in [0.4, 0.5) is 8.78 Å². The van der Waals surface area contributed by atoms with Gasteiger partial charge in [-0.15, -0.1) is 0 Å². The lowest BCUT2D eigenvalue weighted by molar-refractivity contribution is 0.0980. The normalized spacial score (nSPS) is 17.4. The van der Waals surface area contributed by atoms with E-state index in [0.717, 1.165) is 61.8 Å². The van der Waals surface area contributed by atoms with Crippen molar-refractivity contribution in [2.75, 3.05) is 26.0 Å². The Morgan fingerprint density at radius 2 is 1.91 bits per heavy atom. The van der Waals surface area contributed by atoms with Crippen LogP contribution < -0.4 is 9.46 Å². The number of halogens is 3. The molecule has 1 amide bonds. The van der Waals surface area contributed by atoms with Crippen LogP contribution in [0.2, 0.25) is 5.02 Å². The highest BCUT2D eigenvalue weighted by Crippen LogP contribution is 2.45. The van der Waals surface area contributed by atoms with Crippen molar-refractivity contribution in [1.82, 2.24) is 9.62 Å². The molecule has 0 unspecified atom stereocenters. The molecule has 0 radical (unpaired) electrons. The third-order valence-corrected chi connectivity index (χ3v) is 6.82. The molecular weight excluding hydrogens is 454 g/mol. The van der Waals surface area contributed by atoms with Gasteiger partial charge in [-0.3, -0.25) is 14.4 Å². The summed E-state index contributed by atoms with van der Waals surface area (Å²) in [6, 6.07) is 7.97. The number of likely N-dealkylation sites (tertiary alicyclic amines) is 1. The number of carbonyl (C=O) groups excluding carboxylic acids is 1. The third kappa shape index (κ3) is 5.74. The van der Waals surface area contributed by atoms with Gasteiger partial charge in [0.15, 0.2) is 0 Å². The van der Waals surface area contributed by atoms with Crippen molar-refractivity contribution in [3.8, 4) is 5.75 Å². The number of rotatable bonds is 8. The lowest BCUT2D eigenvalue weighted by Gasteiger charge is -2.32. The number of ether oxygens (including phenoxy) is 1. The molecule has 8 heteroatoms. The molecule has 1 saturated carbocycles. The lowest BCUT2D eigenvalue weighted by atomic mass is 9.97. The van der Waals surface area contributed by atoms with E-state index in [2.05, 4.69) is 9.62 Å². The number of benzene rings is 2. The number of nitrogens with one attached hydrogen (secondary N) is 1. The molecule has 0 aromatic heterocycles. The van der Waals surface area contributed by atoms with Crippen LogP contribution in [0.5, 0.6) is 5.75 Å². The second-order valence-corrected chi connectivity index (χ2v) is 9.58. The van der Waals surface area contributed by atoms with Gasteiger partial charge in [0.05, 0.1) is 17.2 Å². The van der Waals surface area contributed by atoms with E-state index in [9.17, 15) is 13.6 Å². The van der Waals surface area contributed by atoms with E-state index in [0.29, 0.717) is 30.7 Å². The van der Waals surface area contributed by atoms with Crippen molar-refractivity contribution >= 4 is 29.5 Å². The molecule has 1 aliphatic heterocycles. The van der Waals surface area contributed by atoms with E-state index < -0.39 is 11.7 Å². The van der Waals surface area contributed by atoms with Crippen molar-refractivity contribution in [3.05, 3.63) is 63.7 Å². The summed E-state index contributed by atoms with van der Waals surface area (Å²) in [4.78, 5) is 14.4. The van der Waals surface area contributed by atoms with E-state index in [1.165, 1.54) is 12.1 Å². The quantitative estimate of drug-likeness (QED) is 0.485. The maximum absolute atomic E-state index is 14.6. The molecule has 2 aliphatic rings. The largest absolute Gasteiger partial charge is 0.493 e. The van der Waals surface area contributed by atoms with Crippen molar-refractivity contribution in [3.63, 3.8) is 0 Å². The Bertz CT molecular complexity index is 979. The predicted molar refractivity (Wildman–Crippen MR) is 124 cm³/mol. The van der Waals surface area contributed by atoms with Gasteiger partial charge in [-0.1, -0.05) is 29.6 Å². The fourth-order valence-corrected chi connectivity index (χ4v) is 4.56. The van der Waals surface area contributed by atoms with Gasteiger partial charge in [-0.25, -0.2) is 8.78 Å². The topological polar surface area (TPSA) is 41.6 Å². The standard InChI is InChI=1S/C24H27ClF2N2O2S/c1-32-28-24(30)19-11-18(17-3-4-17)23(12-21(19)26)31-14-15-6-8-29(9-7-15)13-16-2-5-20(25)22(27)10-16/h2,5,10-12,15,17H,3-4,6-9,13-14H2,1H3,(H,28,30). The Hall–Kier alpha value is -1.83. The zero-order chi connectivity index (χ0) is 22.7. The van der Waals surface area contributed by atoms with Gasteiger partial charge in [-0.2, -0.15) is 0 Å². The summed E-state index contributed by atoms with van der Waals surface area (Å²) >= 11 is 6.92. The SMILES string of the molecule is CSNC(=O)c1cc(C2CC2)c(OCC2CCN(Cc3ccc(Cl)c(F)c3)CC2)cc1F. The number of piperidine rings is 1. The summed E-state index contributed by atoms with van der Waals surface area (Å²) < 4.78 is 36.9. The minimum absolute atomic E-state index is 0.0699. The molecule has 1 saturated heterocycles. The molecule has 1 N–H and O–H groups in total. The second kappa shape index (κ2) is 10.4. The van der Waals surface area contributed by atoms with E-state index in [4.69, 9.17) is 16.3 Å². The van der Waals surface area contributed by atoms with Gasteiger partial charge in [0.1, 0.15) is 17.4 Å². The fourth-order valence-electron chi connectivity index (χ4n) is 4.15. The molecule has 172 valence electrons. The van der Waals surface area contributed by atoms with E-state index >= 15 is 0 Å². The van der Waals surface area contributed by atoms with Crippen molar-refractivity contribution in [2.24, 2.45) is 5.92 Å². The number of amides is 1. The van der Waals surface area contributed by atoms with Crippen LogP contribution in [0.1, 0.15) is 53.1 Å². The summed E-state index contributed by atoms with van der Waals surface area (Å²) in [5.41, 5.74) is 1.91.